The highest BCUT2D eigenvalue weighted by Gasteiger charge is 2.16. The van der Waals surface area contributed by atoms with Gasteiger partial charge in [-0.05, 0) is 40.2 Å². The number of esters is 1. The monoisotopic (exact) mass is 350 g/mol. The van der Waals surface area contributed by atoms with E-state index in [0.717, 1.165) is 0 Å². The minimum absolute atomic E-state index is 0.0846. The van der Waals surface area contributed by atoms with Crippen LogP contribution in [0.3, 0.4) is 0 Å². The van der Waals surface area contributed by atoms with Crippen LogP contribution in [0.15, 0.2) is 34.9 Å². The van der Waals surface area contributed by atoms with Crippen molar-refractivity contribution < 1.29 is 13.9 Å². The third-order valence-corrected chi connectivity index (χ3v) is 3.43. The smallest absolute Gasteiger partial charge is 0.378 e. The highest BCUT2D eigenvalue weighted by Crippen LogP contribution is 2.25. The molecule has 2 aromatic heterocycles. The molecule has 0 saturated heterocycles. The summed E-state index contributed by atoms with van der Waals surface area (Å²) in [6.45, 7) is 0. The molecule has 0 amide bonds. The molecule has 1 aromatic carbocycles. The van der Waals surface area contributed by atoms with Crippen molar-refractivity contribution in [2.75, 3.05) is 7.11 Å². The second kappa shape index (κ2) is 5.21. The molecule has 0 saturated carbocycles. The summed E-state index contributed by atoms with van der Waals surface area (Å²) in [5.74, 6) is -0.836. The Kier molecular flexibility index (Phi) is 3.38. The van der Waals surface area contributed by atoms with Crippen LogP contribution in [0, 0.1) is 5.82 Å². The van der Waals surface area contributed by atoms with Gasteiger partial charge in [-0.3, -0.25) is 0 Å². The number of hydrogen-bond acceptors (Lipinski definition) is 5. The van der Waals surface area contributed by atoms with Crippen molar-refractivity contribution in [2.24, 2.45) is 0 Å². The minimum atomic E-state index is -0.647. The van der Waals surface area contributed by atoms with Crippen LogP contribution >= 0.6 is 15.9 Å². The average Bonchev–Trinajstić information content (AvgIpc) is 2.93. The van der Waals surface area contributed by atoms with Gasteiger partial charge in [-0.25, -0.2) is 14.2 Å². The number of hydrogen-bond donors (Lipinski definition) is 0. The molecule has 2 heterocycles. The molecule has 106 valence electrons. The number of benzene rings is 1. The molecule has 6 nitrogen and oxygen atoms in total. The molecule has 0 N–H and O–H groups in total. The minimum Gasteiger partial charge on any atom is -0.463 e. The van der Waals surface area contributed by atoms with E-state index in [1.807, 2.05) is 0 Å². The second-order valence-electron chi connectivity index (χ2n) is 4.10. The Morgan fingerprint density at radius 1 is 1.38 bits per heavy atom. The Bertz CT molecular complexity index is 849. The van der Waals surface area contributed by atoms with Crippen LogP contribution in [0.2, 0.25) is 0 Å². The largest absolute Gasteiger partial charge is 0.463 e. The molecule has 0 spiro atoms. The zero-order valence-corrected chi connectivity index (χ0v) is 12.3. The zero-order chi connectivity index (χ0) is 15.0. The van der Waals surface area contributed by atoms with Gasteiger partial charge < -0.3 is 4.74 Å². The lowest BCUT2D eigenvalue weighted by molar-refractivity contribution is 0.0587. The van der Waals surface area contributed by atoms with Crippen LogP contribution < -0.4 is 0 Å². The van der Waals surface area contributed by atoms with Crippen molar-refractivity contribution >= 4 is 27.7 Å². The summed E-state index contributed by atoms with van der Waals surface area (Å²) in [6, 6.07) is 6.25. The van der Waals surface area contributed by atoms with Gasteiger partial charge in [0.15, 0.2) is 0 Å². The summed E-state index contributed by atoms with van der Waals surface area (Å²) >= 11 is 3.14. The fourth-order valence-electron chi connectivity index (χ4n) is 1.85. The summed E-state index contributed by atoms with van der Waals surface area (Å²) in [6.07, 6.45) is 1.54. The van der Waals surface area contributed by atoms with Crippen molar-refractivity contribution in [3.63, 3.8) is 0 Å². The lowest BCUT2D eigenvalue weighted by atomic mass is 10.1. The molecule has 0 aliphatic carbocycles. The lowest BCUT2D eigenvalue weighted by Gasteiger charge is -2.04. The van der Waals surface area contributed by atoms with Gasteiger partial charge >= 0.3 is 5.97 Å². The number of carbonyl (C=O) groups excluding carboxylic acids is 1. The Labute approximate surface area is 126 Å². The van der Waals surface area contributed by atoms with Crippen molar-refractivity contribution in [3.8, 4) is 11.3 Å². The molecule has 0 unspecified atom stereocenters. The van der Waals surface area contributed by atoms with Gasteiger partial charge in [0, 0.05) is 11.8 Å². The van der Waals surface area contributed by atoms with Gasteiger partial charge in [0.1, 0.15) is 5.82 Å². The van der Waals surface area contributed by atoms with Gasteiger partial charge in [-0.15, -0.1) is 5.10 Å². The summed E-state index contributed by atoms with van der Waals surface area (Å²) in [5, 5.41) is 4.07. The van der Waals surface area contributed by atoms with E-state index in [0.29, 0.717) is 15.7 Å². The number of halogens is 2. The SMILES string of the molecule is COC(=O)c1nc2nccc(-c3ccc(F)c(Br)c3)n2n1. The number of aromatic nitrogens is 4. The zero-order valence-electron chi connectivity index (χ0n) is 10.7. The molecule has 21 heavy (non-hydrogen) atoms. The first-order valence-corrected chi connectivity index (χ1v) is 6.65. The number of nitrogens with zero attached hydrogens (tertiary/aromatic N) is 4. The van der Waals surface area contributed by atoms with E-state index in [9.17, 15) is 9.18 Å². The first-order valence-electron chi connectivity index (χ1n) is 5.85. The molecule has 0 atom stereocenters. The molecule has 0 aliphatic rings. The number of rotatable bonds is 2. The summed E-state index contributed by atoms with van der Waals surface area (Å²) in [7, 11) is 1.25. The Morgan fingerprint density at radius 2 is 2.19 bits per heavy atom. The molecule has 3 rings (SSSR count). The van der Waals surface area contributed by atoms with Crippen LogP contribution in [-0.2, 0) is 4.74 Å². The predicted octanol–water partition coefficient (Wildman–Crippen LogP) is 2.48. The Balaban J connectivity index is 2.20. The number of methoxy groups -OCH3 is 1. The van der Waals surface area contributed by atoms with Crippen molar-refractivity contribution in [2.45, 2.75) is 0 Å². The highest BCUT2D eigenvalue weighted by atomic mass is 79.9. The molecule has 0 radical (unpaired) electrons. The fourth-order valence-corrected chi connectivity index (χ4v) is 2.22. The third-order valence-electron chi connectivity index (χ3n) is 2.82. The molecule has 3 aromatic rings. The van der Waals surface area contributed by atoms with E-state index in [2.05, 4.69) is 35.7 Å². The topological polar surface area (TPSA) is 69.4 Å². The maximum absolute atomic E-state index is 13.3. The maximum Gasteiger partial charge on any atom is 0.378 e. The first kappa shape index (κ1) is 13.6. The predicted molar refractivity (Wildman–Crippen MR) is 75.2 cm³/mol. The summed E-state index contributed by atoms with van der Waals surface area (Å²) in [5.41, 5.74) is 1.33. The molecule has 0 fully saturated rings. The van der Waals surface area contributed by atoms with E-state index in [1.165, 1.54) is 23.9 Å². The van der Waals surface area contributed by atoms with Gasteiger partial charge in [0.05, 0.1) is 17.3 Å². The van der Waals surface area contributed by atoms with Crippen molar-refractivity contribution in [3.05, 3.63) is 46.6 Å². The van der Waals surface area contributed by atoms with Crippen LogP contribution in [-0.4, -0.2) is 32.7 Å². The van der Waals surface area contributed by atoms with E-state index in [-0.39, 0.29) is 17.4 Å². The van der Waals surface area contributed by atoms with Gasteiger partial charge in [-0.1, -0.05) is 0 Å². The maximum atomic E-state index is 13.3. The van der Waals surface area contributed by atoms with E-state index >= 15 is 0 Å². The van der Waals surface area contributed by atoms with Crippen LogP contribution in [0.4, 0.5) is 4.39 Å². The number of ether oxygens (including phenoxy) is 1. The van der Waals surface area contributed by atoms with Crippen molar-refractivity contribution in [1.82, 2.24) is 19.6 Å². The lowest BCUT2D eigenvalue weighted by Crippen LogP contribution is -2.04. The fraction of sp³-hybridized carbons (Fsp3) is 0.0769. The summed E-state index contributed by atoms with van der Waals surface area (Å²) in [4.78, 5) is 19.5. The molecule has 0 aliphatic heterocycles. The molecular weight excluding hydrogens is 343 g/mol. The van der Waals surface area contributed by atoms with Crippen LogP contribution in [0.25, 0.3) is 17.0 Å². The van der Waals surface area contributed by atoms with Gasteiger partial charge in [-0.2, -0.15) is 9.50 Å². The van der Waals surface area contributed by atoms with Gasteiger partial charge in [0.25, 0.3) is 11.6 Å². The van der Waals surface area contributed by atoms with Crippen LogP contribution in [0.1, 0.15) is 10.6 Å². The number of carbonyl (C=O) groups is 1. The molecule has 0 bridgehead atoms. The van der Waals surface area contributed by atoms with E-state index in [1.54, 1.807) is 18.2 Å². The normalized spacial score (nSPS) is 10.8. The van der Waals surface area contributed by atoms with E-state index in [4.69, 9.17) is 0 Å². The Hall–Kier alpha value is -2.35. The number of fused-ring (bicyclic) bond motifs is 1. The molecule has 8 heteroatoms. The standard InChI is InChI=1S/C13H8BrFN4O2/c1-21-12(20)11-17-13-16-5-4-10(19(13)18-11)7-2-3-9(15)8(14)6-7/h2-6H,1H3. The van der Waals surface area contributed by atoms with Crippen LogP contribution in [0.5, 0.6) is 0 Å². The quantitative estimate of drug-likeness (QED) is 0.664. The third kappa shape index (κ3) is 2.38. The average molecular weight is 351 g/mol. The highest BCUT2D eigenvalue weighted by molar-refractivity contribution is 9.10. The first-order chi connectivity index (χ1) is 10.1. The van der Waals surface area contributed by atoms with Gasteiger partial charge in [0.2, 0.25) is 0 Å². The molecular formula is C13H8BrFN4O2. The second-order valence-corrected chi connectivity index (χ2v) is 4.95. The van der Waals surface area contributed by atoms with E-state index < -0.39 is 5.97 Å². The Morgan fingerprint density at radius 3 is 2.90 bits per heavy atom. The summed E-state index contributed by atoms with van der Waals surface area (Å²) < 4.78 is 19.7. The van der Waals surface area contributed by atoms with Crippen molar-refractivity contribution in [1.29, 1.82) is 0 Å².